The zero-order valence-electron chi connectivity index (χ0n) is 9.35. The Morgan fingerprint density at radius 1 is 1.41 bits per heavy atom. The first kappa shape index (κ1) is 14.8. The van der Waals surface area contributed by atoms with Crippen LogP contribution in [-0.2, 0) is 0 Å². The fourth-order valence-electron chi connectivity index (χ4n) is 1.49. The highest BCUT2D eigenvalue weighted by Gasteiger charge is 2.16. The SMILES string of the molecule is Br.CC1=CSCN1CC(=O)c1ccc(Br)cc1. The van der Waals surface area contributed by atoms with Gasteiger partial charge in [0.25, 0.3) is 0 Å². The number of carbonyl (C=O) groups is 1. The van der Waals surface area contributed by atoms with Gasteiger partial charge >= 0.3 is 0 Å². The normalized spacial score (nSPS) is 14.2. The molecule has 2 nitrogen and oxygen atoms in total. The van der Waals surface area contributed by atoms with Gasteiger partial charge in [-0.05, 0) is 24.5 Å². The van der Waals surface area contributed by atoms with E-state index >= 15 is 0 Å². The molecule has 1 aliphatic heterocycles. The summed E-state index contributed by atoms with van der Waals surface area (Å²) < 4.78 is 0.997. The van der Waals surface area contributed by atoms with E-state index in [9.17, 15) is 4.79 Å². The molecule has 0 amide bonds. The summed E-state index contributed by atoms with van der Waals surface area (Å²) in [6.45, 7) is 2.51. The van der Waals surface area contributed by atoms with E-state index in [4.69, 9.17) is 0 Å². The Morgan fingerprint density at radius 3 is 2.59 bits per heavy atom. The van der Waals surface area contributed by atoms with Crippen LogP contribution < -0.4 is 0 Å². The fourth-order valence-corrected chi connectivity index (χ4v) is 2.70. The smallest absolute Gasteiger partial charge is 0.182 e. The zero-order valence-corrected chi connectivity index (χ0v) is 13.5. The van der Waals surface area contributed by atoms with Crippen molar-refractivity contribution >= 4 is 50.5 Å². The second-order valence-electron chi connectivity index (χ2n) is 3.68. The second-order valence-corrected chi connectivity index (χ2v) is 5.43. The van der Waals surface area contributed by atoms with Crippen LogP contribution in [0.4, 0.5) is 0 Å². The number of Topliss-reactive ketones (excluding diaryl/α,β-unsaturated/α-hetero) is 1. The van der Waals surface area contributed by atoms with Crippen LogP contribution in [0.15, 0.2) is 39.8 Å². The first-order valence-electron chi connectivity index (χ1n) is 4.99. The van der Waals surface area contributed by atoms with Gasteiger partial charge in [0.05, 0.1) is 12.4 Å². The molecular weight excluding hydrogens is 366 g/mol. The minimum absolute atomic E-state index is 0. The maximum atomic E-state index is 12.0. The molecule has 1 heterocycles. The van der Waals surface area contributed by atoms with Crippen molar-refractivity contribution in [2.75, 3.05) is 12.4 Å². The number of hydrogen-bond acceptors (Lipinski definition) is 3. The maximum Gasteiger partial charge on any atom is 0.182 e. The van der Waals surface area contributed by atoms with Gasteiger partial charge in [0.15, 0.2) is 5.78 Å². The fraction of sp³-hybridized carbons (Fsp3) is 0.250. The molecule has 0 aromatic heterocycles. The molecule has 0 fully saturated rings. The molecule has 1 aromatic rings. The molecule has 5 heteroatoms. The predicted molar refractivity (Wildman–Crippen MR) is 81.7 cm³/mol. The van der Waals surface area contributed by atoms with Gasteiger partial charge in [-0.2, -0.15) is 0 Å². The Hall–Kier alpha value is -0.260. The number of halogens is 2. The lowest BCUT2D eigenvalue weighted by Gasteiger charge is -2.17. The van der Waals surface area contributed by atoms with Crippen molar-refractivity contribution in [3.63, 3.8) is 0 Å². The molecule has 0 bridgehead atoms. The lowest BCUT2D eigenvalue weighted by molar-refractivity contribution is 0.0959. The van der Waals surface area contributed by atoms with Crippen LogP contribution >= 0.6 is 44.7 Å². The highest BCUT2D eigenvalue weighted by Crippen LogP contribution is 2.22. The molecule has 1 aliphatic rings. The Labute approximate surface area is 124 Å². The summed E-state index contributed by atoms with van der Waals surface area (Å²) in [7, 11) is 0. The standard InChI is InChI=1S/C12H12BrNOS.BrH/c1-9-7-16-8-14(9)6-12(15)10-2-4-11(13)5-3-10;/h2-5,7H,6,8H2,1H3;1H. The number of carbonyl (C=O) groups excluding carboxylic acids is 1. The third-order valence-corrected chi connectivity index (χ3v) is 3.98. The van der Waals surface area contributed by atoms with E-state index in [-0.39, 0.29) is 22.8 Å². The summed E-state index contributed by atoms with van der Waals surface area (Å²) in [5.74, 6) is 1.05. The summed E-state index contributed by atoms with van der Waals surface area (Å²) in [6.07, 6.45) is 0. The molecule has 0 atom stereocenters. The molecule has 0 saturated heterocycles. The lowest BCUT2D eigenvalue weighted by Crippen LogP contribution is -2.25. The van der Waals surface area contributed by atoms with Gasteiger partial charge in [-0.15, -0.1) is 28.7 Å². The van der Waals surface area contributed by atoms with Crippen molar-refractivity contribution in [2.24, 2.45) is 0 Å². The third kappa shape index (κ3) is 3.86. The number of ketones is 1. The molecule has 17 heavy (non-hydrogen) atoms. The molecule has 2 rings (SSSR count). The molecule has 0 spiro atoms. The van der Waals surface area contributed by atoms with Crippen LogP contribution in [0.25, 0.3) is 0 Å². The first-order chi connectivity index (χ1) is 7.66. The van der Waals surface area contributed by atoms with Gasteiger partial charge in [-0.1, -0.05) is 28.1 Å². The van der Waals surface area contributed by atoms with Crippen LogP contribution in [0, 0.1) is 0 Å². The zero-order chi connectivity index (χ0) is 11.5. The minimum atomic E-state index is 0. The van der Waals surface area contributed by atoms with E-state index in [0.29, 0.717) is 6.54 Å². The molecule has 1 aromatic carbocycles. The quantitative estimate of drug-likeness (QED) is 0.739. The number of hydrogen-bond donors (Lipinski definition) is 0. The van der Waals surface area contributed by atoms with Crippen molar-refractivity contribution in [3.05, 3.63) is 45.4 Å². The van der Waals surface area contributed by atoms with Crippen LogP contribution in [-0.4, -0.2) is 23.1 Å². The van der Waals surface area contributed by atoms with Crippen LogP contribution in [0.3, 0.4) is 0 Å². The van der Waals surface area contributed by atoms with E-state index in [0.717, 1.165) is 15.9 Å². The number of benzene rings is 1. The Balaban J connectivity index is 0.00000144. The van der Waals surface area contributed by atoms with E-state index < -0.39 is 0 Å². The Bertz CT molecular complexity index is 431. The molecule has 0 saturated carbocycles. The summed E-state index contributed by atoms with van der Waals surface area (Å²) in [5.41, 5.74) is 1.95. The summed E-state index contributed by atoms with van der Waals surface area (Å²) in [5, 5.41) is 2.09. The molecule has 0 aliphatic carbocycles. The van der Waals surface area contributed by atoms with E-state index in [1.807, 2.05) is 31.2 Å². The highest BCUT2D eigenvalue weighted by atomic mass is 79.9. The van der Waals surface area contributed by atoms with E-state index in [2.05, 4.69) is 26.2 Å². The second kappa shape index (κ2) is 6.61. The van der Waals surface area contributed by atoms with Gasteiger partial charge in [0.1, 0.15) is 0 Å². The maximum absolute atomic E-state index is 12.0. The van der Waals surface area contributed by atoms with E-state index in [1.54, 1.807) is 11.8 Å². The molecule has 92 valence electrons. The van der Waals surface area contributed by atoms with Gasteiger partial charge in [0, 0.05) is 15.7 Å². The van der Waals surface area contributed by atoms with Crippen LogP contribution in [0.2, 0.25) is 0 Å². The summed E-state index contributed by atoms with van der Waals surface area (Å²) >= 11 is 5.09. The van der Waals surface area contributed by atoms with E-state index in [1.165, 1.54) is 5.70 Å². The number of rotatable bonds is 3. The van der Waals surface area contributed by atoms with Crippen LogP contribution in [0.1, 0.15) is 17.3 Å². The number of nitrogens with zero attached hydrogens (tertiary/aromatic N) is 1. The monoisotopic (exact) mass is 377 g/mol. The number of thioether (sulfide) groups is 1. The van der Waals surface area contributed by atoms with Crippen molar-refractivity contribution < 1.29 is 4.79 Å². The predicted octanol–water partition coefficient (Wildman–Crippen LogP) is 4.08. The molecular formula is C12H13Br2NOS. The summed E-state index contributed by atoms with van der Waals surface area (Å²) in [4.78, 5) is 14.1. The topological polar surface area (TPSA) is 20.3 Å². The molecule has 0 unspecified atom stereocenters. The van der Waals surface area contributed by atoms with Crippen molar-refractivity contribution in [2.45, 2.75) is 6.92 Å². The third-order valence-electron chi connectivity index (χ3n) is 2.48. The lowest BCUT2D eigenvalue weighted by atomic mass is 10.1. The first-order valence-corrected chi connectivity index (χ1v) is 6.83. The van der Waals surface area contributed by atoms with Gasteiger partial charge in [0.2, 0.25) is 0 Å². The highest BCUT2D eigenvalue weighted by molar-refractivity contribution is 9.10. The van der Waals surface area contributed by atoms with Crippen molar-refractivity contribution in [1.82, 2.24) is 4.90 Å². The Kier molecular flexibility index (Phi) is 5.76. The average molecular weight is 379 g/mol. The minimum Gasteiger partial charge on any atom is -0.357 e. The van der Waals surface area contributed by atoms with Gasteiger partial charge < -0.3 is 4.90 Å². The molecule has 0 radical (unpaired) electrons. The van der Waals surface area contributed by atoms with Crippen molar-refractivity contribution in [1.29, 1.82) is 0 Å². The average Bonchev–Trinajstić information content (AvgIpc) is 2.65. The largest absolute Gasteiger partial charge is 0.357 e. The number of allylic oxidation sites excluding steroid dienone is 1. The Morgan fingerprint density at radius 2 is 2.06 bits per heavy atom. The van der Waals surface area contributed by atoms with Gasteiger partial charge in [-0.3, -0.25) is 4.79 Å². The van der Waals surface area contributed by atoms with Crippen LogP contribution in [0.5, 0.6) is 0 Å². The van der Waals surface area contributed by atoms with Gasteiger partial charge in [-0.25, -0.2) is 0 Å². The molecule has 0 N–H and O–H groups in total. The van der Waals surface area contributed by atoms with Crippen molar-refractivity contribution in [3.8, 4) is 0 Å². The summed E-state index contributed by atoms with van der Waals surface area (Å²) in [6, 6.07) is 7.51.